The summed E-state index contributed by atoms with van der Waals surface area (Å²) in [6.07, 6.45) is 3.69. The van der Waals surface area contributed by atoms with Crippen molar-refractivity contribution in [1.82, 2.24) is 4.90 Å². The molecule has 3 heteroatoms. The van der Waals surface area contributed by atoms with Crippen LogP contribution in [0.5, 0.6) is 0 Å². The average Bonchev–Trinajstić information content (AvgIpc) is 2.23. The van der Waals surface area contributed by atoms with E-state index in [1.807, 2.05) is 0 Å². The molecule has 2 N–H and O–H groups in total. The van der Waals surface area contributed by atoms with Crippen LogP contribution in [0.15, 0.2) is 0 Å². The van der Waals surface area contributed by atoms with Gasteiger partial charge in [0.1, 0.15) is 0 Å². The summed E-state index contributed by atoms with van der Waals surface area (Å²) in [5.74, 6) is 1.55. The highest BCUT2D eigenvalue weighted by atomic mass is 16.5. The molecule has 0 radical (unpaired) electrons. The molecule has 2 heterocycles. The van der Waals surface area contributed by atoms with Crippen molar-refractivity contribution in [1.29, 1.82) is 0 Å². The summed E-state index contributed by atoms with van der Waals surface area (Å²) in [6.45, 7) is 3.98. The Morgan fingerprint density at radius 2 is 2.29 bits per heavy atom. The number of nitrogens with zero attached hydrogens (tertiary/aromatic N) is 1. The molecule has 0 amide bonds. The van der Waals surface area contributed by atoms with Crippen molar-refractivity contribution in [3.63, 3.8) is 0 Å². The van der Waals surface area contributed by atoms with Crippen LogP contribution in [0, 0.1) is 11.8 Å². The molecule has 2 aliphatic rings. The number of nitrogens with two attached hydrogens (primary N) is 1. The van der Waals surface area contributed by atoms with Gasteiger partial charge < -0.3 is 15.4 Å². The largest absolute Gasteiger partial charge is 0.381 e. The second-order valence-electron chi connectivity index (χ2n) is 4.70. The molecule has 2 rings (SSSR count). The molecule has 2 aliphatic heterocycles. The Balaban J connectivity index is 2.00. The normalized spacial score (nSPS) is 39.4. The number of ether oxygens (including phenoxy) is 1. The van der Waals surface area contributed by atoms with E-state index in [2.05, 4.69) is 11.9 Å². The van der Waals surface area contributed by atoms with Crippen LogP contribution >= 0.6 is 0 Å². The van der Waals surface area contributed by atoms with Gasteiger partial charge in [-0.1, -0.05) is 0 Å². The third kappa shape index (κ3) is 1.95. The van der Waals surface area contributed by atoms with Crippen molar-refractivity contribution in [2.75, 3.05) is 33.4 Å². The Morgan fingerprint density at radius 1 is 1.43 bits per heavy atom. The van der Waals surface area contributed by atoms with Crippen LogP contribution < -0.4 is 5.73 Å². The Morgan fingerprint density at radius 3 is 3.07 bits per heavy atom. The van der Waals surface area contributed by atoms with Crippen molar-refractivity contribution < 1.29 is 4.74 Å². The zero-order valence-corrected chi connectivity index (χ0v) is 9.11. The van der Waals surface area contributed by atoms with Gasteiger partial charge in [0.2, 0.25) is 0 Å². The molecule has 0 aromatic rings. The maximum Gasteiger partial charge on any atom is 0.0511 e. The second-order valence-corrected chi connectivity index (χ2v) is 4.70. The lowest BCUT2D eigenvalue weighted by molar-refractivity contribution is -0.0547. The molecule has 82 valence electrons. The molecule has 0 aromatic carbocycles. The smallest absolute Gasteiger partial charge is 0.0511 e. The highest BCUT2D eigenvalue weighted by Gasteiger charge is 2.37. The van der Waals surface area contributed by atoms with Crippen molar-refractivity contribution in [2.24, 2.45) is 17.6 Å². The SMILES string of the molecule is CN1CCC(CCN)C2COCCC21. The zero-order valence-electron chi connectivity index (χ0n) is 9.11. The van der Waals surface area contributed by atoms with E-state index < -0.39 is 0 Å². The Bertz CT molecular complexity index is 186. The van der Waals surface area contributed by atoms with Gasteiger partial charge in [-0.25, -0.2) is 0 Å². The molecule has 0 spiro atoms. The summed E-state index contributed by atoms with van der Waals surface area (Å²) in [7, 11) is 2.25. The first-order valence-electron chi connectivity index (χ1n) is 5.81. The lowest BCUT2D eigenvalue weighted by Crippen LogP contribution is -2.51. The van der Waals surface area contributed by atoms with Gasteiger partial charge in [-0.2, -0.15) is 0 Å². The van der Waals surface area contributed by atoms with E-state index in [0.29, 0.717) is 0 Å². The minimum atomic E-state index is 0.742. The number of hydrogen-bond donors (Lipinski definition) is 1. The van der Waals surface area contributed by atoms with Crippen LogP contribution in [0.4, 0.5) is 0 Å². The summed E-state index contributed by atoms with van der Waals surface area (Å²) < 4.78 is 5.60. The van der Waals surface area contributed by atoms with Crippen LogP contribution in [0.2, 0.25) is 0 Å². The summed E-state index contributed by atoms with van der Waals surface area (Å²) in [5, 5.41) is 0. The maximum absolute atomic E-state index is 5.66. The van der Waals surface area contributed by atoms with Crippen LogP contribution in [0.1, 0.15) is 19.3 Å². The van der Waals surface area contributed by atoms with Gasteiger partial charge in [0.25, 0.3) is 0 Å². The van der Waals surface area contributed by atoms with Crippen LogP contribution in [-0.4, -0.2) is 44.3 Å². The van der Waals surface area contributed by atoms with Gasteiger partial charge in [-0.3, -0.25) is 0 Å². The third-order valence-corrected chi connectivity index (χ3v) is 3.92. The van der Waals surface area contributed by atoms with E-state index in [0.717, 1.165) is 37.6 Å². The Hall–Kier alpha value is -0.120. The number of likely N-dealkylation sites (tertiary alicyclic amines) is 1. The van der Waals surface area contributed by atoms with Crippen molar-refractivity contribution in [3.05, 3.63) is 0 Å². The van der Waals surface area contributed by atoms with Gasteiger partial charge in [0.05, 0.1) is 6.61 Å². The lowest BCUT2D eigenvalue weighted by atomic mass is 9.76. The minimum absolute atomic E-state index is 0.742. The average molecular weight is 198 g/mol. The van der Waals surface area contributed by atoms with Gasteiger partial charge in [-0.05, 0) is 45.3 Å². The first-order chi connectivity index (χ1) is 6.83. The molecular weight excluding hydrogens is 176 g/mol. The maximum atomic E-state index is 5.66. The lowest BCUT2D eigenvalue weighted by Gasteiger charge is -2.46. The number of piperidine rings is 1. The van der Waals surface area contributed by atoms with E-state index in [4.69, 9.17) is 10.5 Å². The molecule has 2 saturated heterocycles. The van der Waals surface area contributed by atoms with Crippen LogP contribution in [0.3, 0.4) is 0 Å². The summed E-state index contributed by atoms with van der Waals surface area (Å²) in [4.78, 5) is 2.51. The Labute approximate surface area is 86.6 Å². The van der Waals surface area contributed by atoms with Gasteiger partial charge in [-0.15, -0.1) is 0 Å². The predicted octanol–water partition coefficient (Wildman–Crippen LogP) is 0.692. The predicted molar refractivity (Wildman–Crippen MR) is 57.1 cm³/mol. The van der Waals surface area contributed by atoms with Crippen LogP contribution in [0.25, 0.3) is 0 Å². The van der Waals surface area contributed by atoms with Gasteiger partial charge >= 0.3 is 0 Å². The van der Waals surface area contributed by atoms with Crippen molar-refractivity contribution >= 4 is 0 Å². The molecule has 0 bridgehead atoms. The van der Waals surface area contributed by atoms with E-state index in [1.165, 1.54) is 25.8 Å². The van der Waals surface area contributed by atoms with Crippen LogP contribution in [-0.2, 0) is 4.74 Å². The molecule has 0 aromatic heterocycles. The fourth-order valence-corrected chi connectivity index (χ4v) is 3.07. The molecule has 3 unspecified atom stereocenters. The van der Waals surface area contributed by atoms with E-state index in [1.54, 1.807) is 0 Å². The van der Waals surface area contributed by atoms with E-state index in [-0.39, 0.29) is 0 Å². The molecule has 3 nitrogen and oxygen atoms in total. The quantitative estimate of drug-likeness (QED) is 0.709. The first kappa shape index (κ1) is 10.4. The minimum Gasteiger partial charge on any atom is -0.381 e. The van der Waals surface area contributed by atoms with E-state index >= 15 is 0 Å². The summed E-state index contributed by atoms with van der Waals surface area (Å²) in [5.41, 5.74) is 5.66. The topological polar surface area (TPSA) is 38.5 Å². The fourth-order valence-electron chi connectivity index (χ4n) is 3.07. The second kappa shape index (κ2) is 4.60. The van der Waals surface area contributed by atoms with Gasteiger partial charge in [0.15, 0.2) is 0 Å². The summed E-state index contributed by atoms with van der Waals surface area (Å²) in [6, 6.07) is 0.758. The first-order valence-corrected chi connectivity index (χ1v) is 5.81. The molecule has 0 aliphatic carbocycles. The Kier molecular flexibility index (Phi) is 3.42. The molecule has 3 atom stereocenters. The third-order valence-electron chi connectivity index (χ3n) is 3.92. The molecular formula is C11H22N2O. The van der Waals surface area contributed by atoms with Crippen molar-refractivity contribution in [2.45, 2.75) is 25.3 Å². The summed E-state index contributed by atoms with van der Waals surface area (Å²) >= 11 is 0. The van der Waals surface area contributed by atoms with E-state index in [9.17, 15) is 0 Å². The number of hydrogen-bond acceptors (Lipinski definition) is 3. The highest BCUT2D eigenvalue weighted by molar-refractivity contribution is 4.90. The van der Waals surface area contributed by atoms with Gasteiger partial charge in [0, 0.05) is 18.6 Å². The molecule has 2 fully saturated rings. The standard InChI is InChI=1S/C11H22N2O/c1-13-6-3-9(2-5-12)10-8-14-7-4-11(10)13/h9-11H,2-8,12H2,1H3. The highest BCUT2D eigenvalue weighted by Crippen LogP contribution is 2.34. The van der Waals surface area contributed by atoms with Crippen molar-refractivity contribution in [3.8, 4) is 0 Å². The monoisotopic (exact) mass is 198 g/mol. The molecule has 14 heavy (non-hydrogen) atoms. The number of rotatable bonds is 2. The molecule has 0 saturated carbocycles. The zero-order chi connectivity index (χ0) is 9.97. The fraction of sp³-hybridized carbons (Fsp3) is 1.00. The number of fused-ring (bicyclic) bond motifs is 1.